The number of amides is 6. The van der Waals surface area contributed by atoms with E-state index < -0.39 is 95.6 Å². The van der Waals surface area contributed by atoms with Crippen LogP contribution in [-0.2, 0) is 51.2 Å². The van der Waals surface area contributed by atoms with Crippen molar-refractivity contribution in [3.8, 4) is 0 Å². The number of aromatic amines is 2. The Labute approximate surface area is 345 Å². The molecule has 0 unspecified atom stereocenters. The van der Waals surface area contributed by atoms with Gasteiger partial charge in [0, 0.05) is 43.0 Å². The molecule has 6 amide bonds. The molecule has 23 heteroatoms. The summed E-state index contributed by atoms with van der Waals surface area (Å²) in [4.78, 5) is 117. The molecule has 0 fully saturated rings. The van der Waals surface area contributed by atoms with Gasteiger partial charge in [-0.05, 0) is 63.5 Å². The van der Waals surface area contributed by atoms with Gasteiger partial charge in [-0.2, -0.15) is 11.8 Å². The van der Waals surface area contributed by atoms with Gasteiger partial charge in [-0.15, -0.1) is 0 Å². The second-order valence-electron chi connectivity index (χ2n) is 14.2. The van der Waals surface area contributed by atoms with Crippen molar-refractivity contribution in [2.24, 2.45) is 17.4 Å². The Morgan fingerprint density at radius 1 is 0.678 bits per heavy atom. The molecule has 7 atom stereocenters. The molecule has 0 saturated heterocycles. The Kier molecular flexibility index (Phi) is 21.6. The molecule has 328 valence electrons. The molecule has 2 rings (SSSR count). The first-order valence-electron chi connectivity index (χ1n) is 19.1. The van der Waals surface area contributed by atoms with E-state index in [9.17, 15) is 43.5 Å². The number of aromatic nitrogens is 4. The molecule has 0 bridgehead atoms. The van der Waals surface area contributed by atoms with Crippen LogP contribution in [-0.4, -0.2) is 138 Å². The van der Waals surface area contributed by atoms with Crippen LogP contribution < -0.4 is 43.4 Å². The lowest BCUT2D eigenvalue weighted by Gasteiger charge is -2.28. The van der Waals surface area contributed by atoms with Crippen molar-refractivity contribution in [1.29, 1.82) is 0 Å². The highest BCUT2D eigenvalue weighted by Gasteiger charge is 2.34. The van der Waals surface area contributed by atoms with E-state index in [1.165, 1.54) is 43.7 Å². The fraction of sp³-hybridized carbons (Fsp3) is 0.611. The van der Waals surface area contributed by atoms with Gasteiger partial charge in [-0.1, -0.05) is 13.8 Å². The van der Waals surface area contributed by atoms with Gasteiger partial charge in [-0.3, -0.25) is 33.6 Å². The largest absolute Gasteiger partial charge is 0.481 e. The van der Waals surface area contributed by atoms with Gasteiger partial charge in [0.05, 0.1) is 18.7 Å². The zero-order chi connectivity index (χ0) is 44.1. The molecule has 0 radical (unpaired) electrons. The summed E-state index contributed by atoms with van der Waals surface area (Å²) in [5, 5.41) is 34.1. The molecule has 0 aromatic carbocycles. The lowest BCUT2D eigenvalue weighted by Crippen LogP contribution is -2.61. The number of hydrogen-bond donors (Lipinski definition) is 12. The van der Waals surface area contributed by atoms with Crippen molar-refractivity contribution < 1.29 is 48.6 Å². The van der Waals surface area contributed by atoms with E-state index in [4.69, 9.17) is 16.6 Å². The Morgan fingerprint density at radius 3 is 1.69 bits per heavy atom. The summed E-state index contributed by atoms with van der Waals surface area (Å²) in [7, 11) is 0. The summed E-state index contributed by atoms with van der Waals surface area (Å²) in [6.45, 7) is 5.02. The smallest absolute Gasteiger partial charge is 0.326 e. The van der Waals surface area contributed by atoms with Gasteiger partial charge in [0.1, 0.15) is 36.3 Å². The molecule has 2 aromatic heterocycles. The van der Waals surface area contributed by atoms with Gasteiger partial charge < -0.3 is 63.5 Å². The van der Waals surface area contributed by atoms with Gasteiger partial charge in [0.15, 0.2) is 0 Å². The third-order valence-electron chi connectivity index (χ3n) is 9.03. The Bertz CT molecular complexity index is 1680. The number of thioether (sulfide) groups is 1. The molecule has 22 nitrogen and oxygen atoms in total. The molecule has 2 aromatic rings. The van der Waals surface area contributed by atoms with E-state index in [1.807, 2.05) is 0 Å². The topological polar surface area (TPSA) is 359 Å². The van der Waals surface area contributed by atoms with E-state index in [0.29, 0.717) is 36.5 Å². The SMILES string of the molecule is CSCC[C@H](NC(=O)[C@@H](NC(=O)[C@H](Cc1cnc[nH]1)NC(=O)[C@H](C)NC(=O)[C@@H](N)CCC(=O)O)C(C)C)C(=O)N[C@@H](Cc1cnc[nH]1)C(=O)N[C@@H](CCCCN)C(=O)O. The fourth-order valence-corrected chi connectivity index (χ4v) is 6.06. The number of H-pyrrole nitrogens is 2. The number of imidazole rings is 2. The summed E-state index contributed by atoms with van der Waals surface area (Å²) < 4.78 is 0. The Balaban J connectivity index is 2.26. The summed E-state index contributed by atoms with van der Waals surface area (Å²) in [6.07, 6.45) is 7.97. The minimum atomic E-state index is -1.29. The van der Waals surface area contributed by atoms with Crippen molar-refractivity contribution in [3.63, 3.8) is 0 Å². The zero-order valence-electron chi connectivity index (χ0n) is 33.6. The molecular weight excluding hydrogens is 793 g/mol. The lowest BCUT2D eigenvalue weighted by atomic mass is 10.0. The maximum absolute atomic E-state index is 13.9. The number of hydrogen-bond acceptors (Lipinski definition) is 13. The van der Waals surface area contributed by atoms with Gasteiger partial charge in [0.2, 0.25) is 35.4 Å². The second-order valence-corrected chi connectivity index (χ2v) is 15.2. The van der Waals surface area contributed by atoms with Crippen molar-refractivity contribution in [2.45, 2.75) is 114 Å². The van der Waals surface area contributed by atoms with Crippen molar-refractivity contribution in [3.05, 3.63) is 36.4 Å². The van der Waals surface area contributed by atoms with Crippen LogP contribution in [0.3, 0.4) is 0 Å². The third-order valence-corrected chi connectivity index (χ3v) is 9.68. The number of carboxylic acids is 2. The summed E-state index contributed by atoms with van der Waals surface area (Å²) in [5.74, 6) is -7.09. The van der Waals surface area contributed by atoms with Gasteiger partial charge in [-0.25, -0.2) is 14.8 Å². The van der Waals surface area contributed by atoms with Gasteiger partial charge in [0.25, 0.3) is 0 Å². The number of unbranched alkanes of at least 4 members (excludes halogenated alkanes) is 1. The van der Waals surface area contributed by atoms with Crippen LogP contribution in [0.1, 0.15) is 70.7 Å². The molecular formula is C36H58N12O10S. The Hall–Kier alpha value is -5.55. The van der Waals surface area contributed by atoms with E-state index >= 15 is 0 Å². The zero-order valence-corrected chi connectivity index (χ0v) is 34.4. The molecule has 14 N–H and O–H groups in total. The fourth-order valence-electron chi connectivity index (χ4n) is 5.59. The first-order valence-corrected chi connectivity index (χ1v) is 20.5. The quantitative estimate of drug-likeness (QED) is 0.0399. The number of aliphatic carboxylic acids is 2. The molecule has 0 aliphatic rings. The average molecular weight is 851 g/mol. The minimum Gasteiger partial charge on any atom is -0.481 e. The van der Waals surface area contributed by atoms with Crippen molar-refractivity contribution in [2.75, 3.05) is 18.6 Å². The molecule has 59 heavy (non-hydrogen) atoms. The maximum atomic E-state index is 13.9. The highest BCUT2D eigenvalue weighted by molar-refractivity contribution is 7.98. The first-order chi connectivity index (χ1) is 28.0. The van der Waals surface area contributed by atoms with Crippen LogP contribution in [0.2, 0.25) is 0 Å². The van der Waals surface area contributed by atoms with Crippen LogP contribution in [0.15, 0.2) is 25.0 Å². The Morgan fingerprint density at radius 2 is 1.20 bits per heavy atom. The summed E-state index contributed by atoms with van der Waals surface area (Å²) >= 11 is 1.40. The van der Waals surface area contributed by atoms with Gasteiger partial charge >= 0.3 is 11.9 Å². The van der Waals surface area contributed by atoms with Crippen LogP contribution in [0.25, 0.3) is 0 Å². The monoisotopic (exact) mass is 850 g/mol. The minimum absolute atomic E-state index is 0.0795. The predicted octanol–water partition coefficient (Wildman–Crippen LogP) is -2.34. The van der Waals surface area contributed by atoms with E-state index in [2.05, 4.69) is 51.8 Å². The number of rotatable bonds is 28. The number of carbonyl (C=O) groups excluding carboxylic acids is 6. The third kappa shape index (κ3) is 17.9. The standard InChI is InChI=1S/C36H58N12O10S/c1-19(2)29(48-34(55)27(14-22-16-40-18-42-22)46-30(51)20(3)43-31(52)23(38)8-9-28(49)50)35(56)44-24(10-12-59-4)32(53)47-26(13-21-15-39-17-41-21)33(54)45-25(36(57)58)7-5-6-11-37/h15-20,23-27,29H,5-14,37-38H2,1-4H3,(H,39,41)(H,40,42)(H,43,52)(H,44,56)(H,45,54)(H,46,51)(H,47,53)(H,48,55)(H,49,50)(H,57,58)/t20-,23-,24-,25-,26-,27-,29-/m0/s1. The molecule has 2 heterocycles. The first kappa shape index (κ1) is 49.6. The highest BCUT2D eigenvalue weighted by Crippen LogP contribution is 2.10. The highest BCUT2D eigenvalue weighted by atomic mass is 32.2. The number of nitrogens with one attached hydrogen (secondary N) is 8. The molecule has 0 aliphatic carbocycles. The molecule has 0 aliphatic heterocycles. The van der Waals surface area contributed by atoms with E-state index in [1.54, 1.807) is 20.1 Å². The molecule has 0 saturated carbocycles. The summed E-state index contributed by atoms with van der Waals surface area (Å²) in [6, 6.07) is -8.62. The van der Waals surface area contributed by atoms with E-state index in [-0.39, 0.29) is 38.5 Å². The van der Waals surface area contributed by atoms with Crippen LogP contribution in [0.4, 0.5) is 0 Å². The number of carbonyl (C=O) groups is 8. The van der Waals surface area contributed by atoms with E-state index in [0.717, 1.165) is 0 Å². The van der Waals surface area contributed by atoms with Crippen LogP contribution >= 0.6 is 11.8 Å². The summed E-state index contributed by atoms with van der Waals surface area (Å²) in [5.41, 5.74) is 12.2. The normalized spacial score (nSPS) is 14.7. The number of nitrogens with zero attached hydrogens (tertiary/aromatic N) is 2. The predicted molar refractivity (Wildman–Crippen MR) is 215 cm³/mol. The van der Waals surface area contributed by atoms with Crippen LogP contribution in [0, 0.1) is 5.92 Å². The maximum Gasteiger partial charge on any atom is 0.326 e. The van der Waals surface area contributed by atoms with Crippen LogP contribution in [0.5, 0.6) is 0 Å². The average Bonchev–Trinajstić information content (AvgIpc) is 3.91. The second kappa shape index (κ2) is 25.7. The lowest BCUT2D eigenvalue weighted by molar-refractivity contribution is -0.142. The van der Waals surface area contributed by atoms with Crippen molar-refractivity contribution in [1.82, 2.24) is 51.8 Å². The number of carboxylic acid groups (broad SMARTS) is 2. The van der Waals surface area contributed by atoms with Crippen molar-refractivity contribution >= 4 is 59.1 Å². The number of nitrogens with two attached hydrogens (primary N) is 2. The molecule has 0 spiro atoms.